The third kappa shape index (κ3) is 33.9. The molecule has 0 radical (unpaired) electrons. The molecule has 1 aliphatic rings. The first-order valence-electron chi connectivity index (χ1n) is 26.0. The number of hydrogen-bond donors (Lipinski definition) is 6. The van der Waals surface area contributed by atoms with Gasteiger partial charge in [0.1, 0.15) is 24.4 Å². The molecule has 0 aliphatic carbocycles. The van der Waals surface area contributed by atoms with Gasteiger partial charge in [-0.2, -0.15) is 0 Å². The second-order valence-electron chi connectivity index (χ2n) is 17.9. The summed E-state index contributed by atoms with van der Waals surface area (Å²) in [6.07, 6.45) is 51.4. The van der Waals surface area contributed by atoms with Crippen molar-refractivity contribution in [2.45, 2.75) is 262 Å². The van der Waals surface area contributed by atoms with Crippen LogP contribution in [0.1, 0.15) is 219 Å². The van der Waals surface area contributed by atoms with Crippen LogP contribution in [-0.4, -0.2) is 87.5 Å². The highest BCUT2D eigenvalue weighted by Crippen LogP contribution is 2.23. The highest BCUT2D eigenvalue weighted by Gasteiger charge is 2.44. The molecule has 1 heterocycles. The van der Waals surface area contributed by atoms with Crippen molar-refractivity contribution in [2.75, 3.05) is 13.2 Å². The minimum atomic E-state index is -1.58. The number of amides is 1. The topological polar surface area (TPSA) is 149 Å². The standard InChI is InChI=1S/C54H97NO8/c1-3-5-7-9-11-13-15-17-19-20-21-22-23-24-25-26-27-28-30-31-33-35-37-39-41-43-48(57)47(46-62-54-53(61)52(60)51(59)49(45-56)63-54)55-50(58)44-42-40-38-36-34-32-29-18-16-14-12-10-8-6-4-2/h12,14,18,27-29,33,35,41,43,47-49,51-54,56-57,59-61H,3-11,13,15-17,19-26,30-32,34,36-40,42,44-46H2,1-2H3,(H,55,58)/b14-12-,28-27+,29-18-,35-33+,43-41+. The summed E-state index contributed by atoms with van der Waals surface area (Å²) in [5, 5.41) is 54.3. The normalized spacial score (nSPS) is 20.7. The molecule has 1 fully saturated rings. The fourth-order valence-electron chi connectivity index (χ4n) is 7.86. The Balaban J connectivity index is 2.32. The van der Waals surface area contributed by atoms with Crippen LogP contribution < -0.4 is 5.32 Å². The summed E-state index contributed by atoms with van der Waals surface area (Å²) < 4.78 is 11.2. The summed E-state index contributed by atoms with van der Waals surface area (Å²) in [5.41, 5.74) is 0. The monoisotopic (exact) mass is 888 g/mol. The van der Waals surface area contributed by atoms with Gasteiger partial charge < -0.3 is 40.3 Å². The lowest BCUT2D eigenvalue weighted by Crippen LogP contribution is -2.60. The molecule has 7 unspecified atom stereocenters. The summed E-state index contributed by atoms with van der Waals surface area (Å²) in [4.78, 5) is 13.0. The van der Waals surface area contributed by atoms with E-state index in [1.807, 2.05) is 6.08 Å². The van der Waals surface area contributed by atoms with E-state index in [1.54, 1.807) is 6.08 Å². The maximum Gasteiger partial charge on any atom is 0.220 e. The van der Waals surface area contributed by atoms with E-state index in [2.05, 4.69) is 67.8 Å². The second-order valence-corrected chi connectivity index (χ2v) is 17.9. The van der Waals surface area contributed by atoms with Gasteiger partial charge in [0, 0.05) is 6.42 Å². The first kappa shape index (κ1) is 58.9. The van der Waals surface area contributed by atoms with Gasteiger partial charge in [-0.05, 0) is 77.0 Å². The molecule has 9 nitrogen and oxygen atoms in total. The smallest absolute Gasteiger partial charge is 0.220 e. The predicted molar refractivity (Wildman–Crippen MR) is 262 cm³/mol. The van der Waals surface area contributed by atoms with Crippen LogP contribution in [0.15, 0.2) is 60.8 Å². The van der Waals surface area contributed by atoms with Gasteiger partial charge in [-0.1, -0.05) is 197 Å². The van der Waals surface area contributed by atoms with Crippen molar-refractivity contribution < 1.29 is 39.8 Å². The number of aliphatic hydroxyl groups excluding tert-OH is 5. The number of aliphatic hydroxyl groups is 5. The molecule has 0 bridgehead atoms. The molecule has 0 aromatic carbocycles. The van der Waals surface area contributed by atoms with Gasteiger partial charge in [-0.25, -0.2) is 0 Å². The first-order chi connectivity index (χ1) is 30.8. The van der Waals surface area contributed by atoms with Crippen LogP contribution in [0.2, 0.25) is 0 Å². The molecule has 1 saturated heterocycles. The van der Waals surface area contributed by atoms with Crippen LogP contribution in [-0.2, 0) is 14.3 Å². The molecule has 6 N–H and O–H groups in total. The van der Waals surface area contributed by atoms with Gasteiger partial charge in [-0.15, -0.1) is 0 Å². The molecule has 0 spiro atoms. The lowest BCUT2D eigenvalue weighted by Gasteiger charge is -2.40. The highest BCUT2D eigenvalue weighted by atomic mass is 16.7. The van der Waals surface area contributed by atoms with Crippen LogP contribution in [0.25, 0.3) is 0 Å². The van der Waals surface area contributed by atoms with Crippen molar-refractivity contribution in [1.82, 2.24) is 5.32 Å². The number of carbonyl (C=O) groups is 1. The summed E-state index contributed by atoms with van der Waals surface area (Å²) in [5.74, 6) is -0.206. The zero-order chi connectivity index (χ0) is 45.9. The Morgan fingerprint density at radius 2 is 0.952 bits per heavy atom. The molecule has 1 amide bonds. The van der Waals surface area contributed by atoms with E-state index in [0.717, 1.165) is 70.6 Å². The van der Waals surface area contributed by atoms with Gasteiger partial charge in [0.15, 0.2) is 6.29 Å². The zero-order valence-corrected chi connectivity index (χ0v) is 40.3. The van der Waals surface area contributed by atoms with Crippen LogP contribution in [0.4, 0.5) is 0 Å². The fourth-order valence-corrected chi connectivity index (χ4v) is 7.86. The maximum atomic E-state index is 13.0. The van der Waals surface area contributed by atoms with Gasteiger partial charge >= 0.3 is 0 Å². The van der Waals surface area contributed by atoms with Crippen LogP contribution in [0.5, 0.6) is 0 Å². The fraction of sp³-hybridized carbons (Fsp3) is 0.796. The van der Waals surface area contributed by atoms with E-state index in [4.69, 9.17) is 9.47 Å². The van der Waals surface area contributed by atoms with Crippen LogP contribution >= 0.6 is 0 Å². The largest absolute Gasteiger partial charge is 0.394 e. The van der Waals surface area contributed by atoms with E-state index in [9.17, 15) is 30.3 Å². The first-order valence-corrected chi connectivity index (χ1v) is 26.0. The summed E-state index contributed by atoms with van der Waals surface area (Å²) in [6.45, 7) is 3.72. The number of ether oxygens (including phenoxy) is 2. The molecule has 0 aromatic rings. The van der Waals surface area contributed by atoms with E-state index < -0.39 is 49.5 Å². The molecule has 1 rings (SSSR count). The van der Waals surface area contributed by atoms with Crippen molar-refractivity contribution in [3.8, 4) is 0 Å². The lowest BCUT2D eigenvalue weighted by molar-refractivity contribution is -0.302. The van der Waals surface area contributed by atoms with Gasteiger partial charge in [-0.3, -0.25) is 4.79 Å². The molecule has 7 atom stereocenters. The molecule has 9 heteroatoms. The Morgan fingerprint density at radius 1 is 0.540 bits per heavy atom. The summed E-state index contributed by atoms with van der Waals surface area (Å²) >= 11 is 0. The third-order valence-corrected chi connectivity index (χ3v) is 12.0. The van der Waals surface area contributed by atoms with E-state index in [-0.39, 0.29) is 12.5 Å². The summed E-state index contributed by atoms with van der Waals surface area (Å²) in [6, 6.07) is -0.837. The van der Waals surface area contributed by atoms with E-state index >= 15 is 0 Å². The minimum absolute atomic E-state index is 0.206. The quantitative estimate of drug-likeness (QED) is 0.0262. The number of nitrogens with one attached hydrogen (secondary N) is 1. The van der Waals surface area contributed by atoms with Crippen molar-refractivity contribution in [3.05, 3.63) is 60.8 Å². The molecule has 1 aliphatic heterocycles. The molecular weight excluding hydrogens is 791 g/mol. The van der Waals surface area contributed by atoms with Crippen molar-refractivity contribution in [1.29, 1.82) is 0 Å². The molecular formula is C54H97NO8. The Labute approximate surface area is 386 Å². The number of carbonyl (C=O) groups excluding carboxylic acids is 1. The number of allylic oxidation sites excluding steroid dienone is 9. The van der Waals surface area contributed by atoms with Gasteiger partial charge in [0.05, 0.1) is 25.4 Å². The summed E-state index contributed by atoms with van der Waals surface area (Å²) in [7, 11) is 0. The molecule has 0 saturated carbocycles. The maximum absolute atomic E-state index is 13.0. The number of hydrogen-bond acceptors (Lipinski definition) is 8. The SMILES string of the molecule is CCCCC/C=C\C/C=C\CCCCCCCC(=O)NC(COC1OC(CO)C(O)C(O)C1O)C(O)/C=C/CC/C=C/CC/C=C/CCCCCCCCCCCCCCCCC. The Morgan fingerprint density at radius 3 is 1.46 bits per heavy atom. The second kappa shape index (κ2) is 43.8. The van der Waals surface area contributed by atoms with E-state index in [1.165, 1.54) is 128 Å². The third-order valence-electron chi connectivity index (χ3n) is 12.0. The van der Waals surface area contributed by atoms with Crippen molar-refractivity contribution >= 4 is 5.91 Å². The molecule has 366 valence electrons. The molecule has 63 heavy (non-hydrogen) atoms. The van der Waals surface area contributed by atoms with Crippen LogP contribution in [0, 0.1) is 0 Å². The molecule has 0 aromatic heterocycles. The number of unbranched alkanes of at least 4 members (excludes halogenated alkanes) is 25. The highest BCUT2D eigenvalue weighted by molar-refractivity contribution is 5.76. The Bertz CT molecular complexity index is 1170. The Hall–Kier alpha value is -2.11. The minimum Gasteiger partial charge on any atom is -0.394 e. The van der Waals surface area contributed by atoms with Crippen molar-refractivity contribution in [2.24, 2.45) is 0 Å². The van der Waals surface area contributed by atoms with Gasteiger partial charge in [0.2, 0.25) is 5.91 Å². The Kier molecular flexibility index (Phi) is 40.9. The zero-order valence-electron chi connectivity index (χ0n) is 40.3. The van der Waals surface area contributed by atoms with Gasteiger partial charge in [0.25, 0.3) is 0 Å². The van der Waals surface area contributed by atoms with E-state index in [0.29, 0.717) is 6.42 Å². The van der Waals surface area contributed by atoms with Crippen molar-refractivity contribution in [3.63, 3.8) is 0 Å². The lowest BCUT2D eigenvalue weighted by atomic mass is 9.99. The predicted octanol–water partition coefficient (Wildman–Crippen LogP) is 12.0. The average Bonchev–Trinajstić information content (AvgIpc) is 3.28. The van der Waals surface area contributed by atoms with Crippen LogP contribution in [0.3, 0.4) is 0 Å². The average molecular weight is 888 g/mol. The number of rotatable bonds is 43.